The van der Waals surface area contributed by atoms with Crippen molar-refractivity contribution in [3.05, 3.63) is 0 Å². The Balaban J connectivity index is 0.000000980. The van der Waals surface area contributed by atoms with Crippen LogP contribution in [0.4, 0.5) is 0 Å². The van der Waals surface area contributed by atoms with Crippen molar-refractivity contribution in [3.8, 4) is 0 Å². The van der Waals surface area contributed by atoms with Crippen LogP contribution in [0.5, 0.6) is 0 Å². The molecule has 0 saturated carbocycles. The molecule has 0 aromatic heterocycles. The number of fused-ring (bicyclic) bond motifs is 1. The lowest BCUT2D eigenvalue weighted by molar-refractivity contribution is -0.134. The summed E-state index contributed by atoms with van der Waals surface area (Å²) in [7, 11) is 0. The molecule has 0 aromatic carbocycles. The number of nitrogens with one attached hydrogen (secondary N) is 2. The summed E-state index contributed by atoms with van der Waals surface area (Å²) in [5.41, 5.74) is 0. The van der Waals surface area contributed by atoms with Gasteiger partial charge in [-0.05, 0) is 0 Å². The number of amides is 2. The summed E-state index contributed by atoms with van der Waals surface area (Å²) in [6.07, 6.45) is 0.433. The molecule has 1 atom stereocenters. The first-order valence-electron chi connectivity index (χ1n) is 4.54. The number of carbonyl (C=O) groups is 2. The molecule has 0 aliphatic carbocycles. The van der Waals surface area contributed by atoms with Crippen LogP contribution in [0, 0.1) is 0 Å². The van der Waals surface area contributed by atoms with Crippen LogP contribution < -0.4 is 10.6 Å². The number of carbonyl (C=O) groups excluding carboxylic acids is 2. The van der Waals surface area contributed by atoms with Gasteiger partial charge in [-0.3, -0.25) is 9.59 Å². The van der Waals surface area contributed by atoms with E-state index in [1.54, 1.807) is 4.90 Å². The first-order valence-corrected chi connectivity index (χ1v) is 4.54. The minimum absolute atomic E-state index is 0. The number of hydrogen-bond acceptors (Lipinski definition) is 3. The van der Waals surface area contributed by atoms with Gasteiger partial charge >= 0.3 is 0 Å². The SMILES string of the molecule is Cl.O=C1CCN2C(=O)CNCC2CN1. The summed E-state index contributed by atoms with van der Waals surface area (Å²) in [5, 5.41) is 5.83. The fraction of sp³-hybridized carbons (Fsp3) is 0.750. The lowest BCUT2D eigenvalue weighted by Crippen LogP contribution is -2.56. The zero-order valence-corrected chi connectivity index (χ0v) is 8.60. The summed E-state index contributed by atoms with van der Waals surface area (Å²) in [5.74, 6) is 0.148. The monoisotopic (exact) mass is 219 g/mol. The first kappa shape index (κ1) is 11.3. The van der Waals surface area contributed by atoms with Gasteiger partial charge in [0.15, 0.2) is 0 Å². The predicted octanol–water partition coefficient (Wildman–Crippen LogP) is -1.27. The predicted molar refractivity (Wildman–Crippen MR) is 53.2 cm³/mol. The van der Waals surface area contributed by atoms with Crippen molar-refractivity contribution in [3.63, 3.8) is 0 Å². The van der Waals surface area contributed by atoms with Crippen LogP contribution in [0.3, 0.4) is 0 Å². The van der Waals surface area contributed by atoms with Gasteiger partial charge in [-0.25, -0.2) is 0 Å². The summed E-state index contributed by atoms with van der Waals surface area (Å²) in [6.45, 7) is 2.34. The Morgan fingerprint density at radius 1 is 1.29 bits per heavy atom. The molecule has 0 bridgehead atoms. The average Bonchev–Trinajstić information content (AvgIpc) is 2.30. The summed E-state index contributed by atoms with van der Waals surface area (Å²) >= 11 is 0. The van der Waals surface area contributed by atoms with E-state index in [9.17, 15) is 9.59 Å². The zero-order chi connectivity index (χ0) is 9.26. The third kappa shape index (κ3) is 2.16. The lowest BCUT2D eigenvalue weighted by atomic mass is 10.2. The highest BCUT2D eigenvalue weighted by molar-refractivity contribution is 5.85. The van der Waals surface area contributed by atoms with Gasteiger partial charge in [-0.15, -0.1) is 12.4 Å². The number of piperazine rings is 1. The molecular formula is C8H14ClN3O2. The van der Waals surface area contributed by atoms with Crippen LogP contribution in [-0.2, 0) is 9.59 Å². The molecule has 2 N–H and O–H groups in total. The van der Waals surface area contributed by atoms with E-state index in [2.05, 4.69) is 10.6 Å². The van der Waals surface area contributed by atoms with Crippen LogP contribution in [0.25, 0.3) is 0 Å². The van der Waals surface area contributed by atoms with E-state index in [0.29, 0.717) is 26.1 Å². The summed E-state index contributed by atoms with van der Waals surface area (Å²) < 4.78 is 0. The number of halogens is 1. The fourth-order valence-electron chi connectivity index (χ4n) is 1.79. The molecule has 2 rings (SSSR count). The largest absolute Gasteiger partial charge is 0.354 e. The number of hydrogen-bond donors (Lipinski definition) is 2. The van der Waals surface area contributed by atoms with Gasteiger partial charge in [0, 0.05) is 26.1 Å². The van der Waals surface area contributed by atoms with Crippen LogP contribution in [0.2, 0.25) is 0 Å². The Morgan fingerprint density at radius 2 is 2.07 bits per heavy atom. The fourth-order valence-corrected chi connectivity index (χ4v) is 1.79. The van der Waals surface area contributed by atoms with E-state index in [1.807, 2.05) is 0 Å². The van der Waals surface area contributed by atoms with E-state index in [4.69, 9.17) is 0 Å². The van der Waals surface area contributed by atoms with Crippen LogP contribution >= 0.6 is 12.4 Å². The molecule has 14 heavy (non-hydrogen) atoms. The second kappa shape index (κ2) is 4.61. The highest BCUT2D eigenvalue weighted by Crippen LogP contribution is 2.07. The first-order chi connectivity index (χ1) is 6.27. The molecule has 2 aliphatic rings. The normalized spacial score (nSPS) is 27.1. The van der Waals surface area contributed by atoms with E-state index in [-0.39, 0.29) is 30.3 Å². The molecule has 1 unspecified atom stereocenters. The molecule has 2 saturated heterocycles. The van der Waals surface area contributed by atoms with Crippen molar-refractivity contribution in [2.75, 3.05) is 26.2 Å². The quantitative estimate of drug-likeness (QED) is 0.534. The van der Waals surface area contributed by atoms with Crippen molar-refractivity contribution in [2.24, 2.45) is 0 Å². The number of rotatable bonds is 0. The minimum atomic E-state index is 0. The maximum absolute atomic E-state index is 11.4. The van der Waals surface area contributed by atoms with Gasteiger partial charge in [0.25, 0.3) is 0 Å². The minimum Gasteiger partial charge on any atom is -0.354 e. The second-order valence-electron chi connectivity index (χ2n) is 3.43. The van der Waals surface area contributed by atoms with E-state index < -0.39 is 0 Å². The average molecular weight is 220 g/mol. The van der Waals surface area contributed by atoms with E-state index in [1.165, 1.54) is 0 Å². The topological polar surface area (TPSA) is 61.4 Å². The van der Waals surface area contributed by atoms with Gasteiger partial charge in [-0.1, -0.05) is 0 Å². The zero-order valence-electron chi connectivity index (χ0n) is 7.78. The summed E-state index contributed by atoms with van der Waals surface area (Å²) in [4.78, 5) is 24.3. The Labute approximate surface area is 88.6 Å². The summed E-state index contributed by atoms with van der Waals surface area (Å²) in [6, 6.07) is 0.146. The maximum atomic E-state index is 11.4. The standard InChI is InChI=1S/C8H13N3O2.ClH/c12-7-1-2-11-6(4-10-7)3-9-5-8(11)13;/h6,9H,1-5H2,(H,10,12);1H. The van der Waals surface area contributed by atoms with Crippen molar-refractivity contribution >= 4 is 24.2 Å². The molecule has 0 aromatic rings. The van der Waals surface area contributed by atoms with Gasteiger partial charge in [-0.2, -0.15) is 0 Å². The van der Waals surface area contributed by atoms with E-state index >= 15 is 0 Å². The Morgan fingerprint density at radius 3 is 2.86 bits per heavy atom. The van der Waals surface area contributed by atoms with Gasteiger partial charge in [0.2, 0.25) is 11.8 Å². The molecule has 0 spiro atoms. The molecule has 2 fully saturated rings. The van der Waals surface area contributed by atoms with Crippen molar-refractivity contribution < 1.29 is 9.59 Å². The molecule has 2 amide bonds. The number of nitrogens with zero attached hydrogens (tertiary/aromatic N) is 1. The van der Waals surface area contributed by atoms with Gasteiger partial charge in [0.05, 0.1) is 12.6 Å². The smallest absolute Gasteiger partial charge is 0.236 e. The van der Waals surface area contributed by atoms with Crippen molar-refractivity contribution in [1.82, 2.24) is 15.5 Å². The van der Waals surface area contributed by atoms with Crippen LogP contribution in [-0.4, -0.2) is 48.9 Å². The van der Waals surface area contributed by atoms with Gasteiger partial charge in [0.1, 0.15) is 0 Å². The maximum Gasteiger partial charge on any atom is 0.236 e. The second-order valence-corrected chi connectivity index (χ2v) is 3.43. The third-order valence-electron chi connectivity index (χ3n) is 2.53. The van der Waals surface area contributed by atoms with Crippen molar-refractivity contribution in [1.29, 1.82) is 0 Å². The Bertz CT molecular complexity index is 247. The third-order valence-corrected chi connectivity index (χ3v) is 2.53. The van der Waals surface area contributed by atoms with E-state index in [0.717, 1.165) is 6.54 Å². The van der Waals surface area contributed by atoms with Crippen LogP contribution in [0.15, 0.2) is 0 Å². The highest BCUT2D eigenvalue weighted by atomic mass is 35.5. The molecule has 2 aliphatic heterocycles. The van der Waals surface area contributed by atoms with Gasteiger partial charge < -0.3 is 15.5 Å². The van der Waals surface area contributed by atoms with Crippen LogP contribution in [0.1, 0.15) is 6.42 Å². The molecular weight excluding hydrogens is 206 g/mol. The Hall–Kier alpha value is -0.810. The molecule has 0 radical (unpaired) electrons. The highest BCUT2D eigenvalue weighted by Gasteiger charge is 2.30. The molecule has 80 valence electrons. The molecule has 6 heteroatoms. The lowest BCUT2D eigenvalue weighted by Gasteiger charge is -2.33. The van der Waals surface area contributed by atoms with Crippen molar-refractivity contribution in [2.45, 2.75) is 12.5 Å². The molecule has 2 heterocycles. The molecule has 5 nitrogen and oxygen atoms in total. The Kier molecular flexibility index (Phi) is 3.71.